The summed E-state index contributed by atoms with van der Waals surface area (Å²) in [4.78, 5) is 13.0. The first-order valence-electron chi connectivity index (χ1n) is 12.5. The molecule has 1 aliphatic rings. The number of amides is 2. The van der Waals surface area contributed by atoms with Gasteiger partial charge in [0.25, 0.3) is 0 Å². The third-order valence-corrected chi connectivity index (χ3v) is 7.07. The van der Waals surface area contributed by atoms with Crippen molar-refractivity contribution in [2.24, 2.45) is 7.05 Å². The molecule has 8 nitrogen and oxygen atoms in total. The van der Waals surface area contributed by atoms with Gasteiger partial charge < -0.3 is 14.8 Å². The van der Waals surface area contributed by atoms with Gasteiger partial charge in [-0.15, -0.1) is 0 Å². The summed E-state index contributed by atoms with van der Waals surface area (Å²) < 4.78 is 13.2. The number of nitrogens with zero attached hydrogens (tertiary/aromatic N) is 4. The zero-order valence-corrected chi connectivity index (χ0v) is 22.4. The largest absolute Gasteiger partial charge is 0.493 e. The maximum Gasteiger partial charge on any atom is 0.331 e. The highest BCUT2D eigenvalue weighted by Crippen LogP contribution is 2.41. The molecule has 192 valence electrons. The van der Waals surface area contributed by atoms with Gasteiger partial charge in [0.05, 0.1) is 26.0 Å². The van der Waals surface area contributed by atoms with Gasteiger partial charge in [-0.1, -0.05) is 31.2 Å². The van der Waals surface area contributed by atoms with Crippen LogP contribution in [0.15, 0.2) is 36.4 Å². The molecule has 1 aliphatic heterocycles. The van der Waals surface area contributed by atoms with Gasteiger partial charge in [-0.05, 0) is 61.1 Å². The van der Waals surface area contributed by atoms with Crippen LogP contribution in [0, 0.1) is 13.8 Å². The van der Waals surface area contributed by atoms with Crippen LogP contribution >= 0.6 is 0 Å². The summed E-state index contributed by atoms with van der Waals surface area (Å²) in [5.74, 6) is 1.38. The molecule has 1 atom stereocenters. The molecule has 4 rings (SSSR count). The molecule has 0 spiro atoms. The number of carbonyl (C=O) groups excluding carboxylic acids is 1. The molecule has 0 fully saturated rings. The summed E-state index contributed by atoms with van der Waals surface area (Å²) in [5.41, 5.74) is 7.81. The first-order chi connectivity index (χ1) is 17.3. The molecule has 0 bridgehead atoms. The van der Waals surface area contributed by atoms with E-state index >= 15 is 0 Å². The number of aromatic nitrogens is 2. The Balaban J connectivity index is 1.88. The van der Waals surface area contributed by atoms with Crippen LogP contribution < -0.4 is 14.8 Å². The number of methoxy groups -OCH3 is 2. The molecule has 0 radical (unpaired) electrons. The van der Waals surface area contributed by atoms with Crippen molar-refractivity contribution in [3.63, 3.8) is 0 Å². The SMILES string of the molecule is CCCN1C(c2ccc(-c3c(C)nn(C)c3C)cc2)c2cc(OC)c(OC)cc2CCN1C(=O)NC. The molecule has 0 aliphatic carbocycles. The van der Waals surface area contributed by atoms with Crippen LogP contribution in [0.1, 0.15) is 47.5 Å². The molecule has 1 unspecified atom stereocenters. The zero-order valence-electron chi connectivity index (χ0n) is 22.4. The number of nitrogens with one attached hydrogen (secondary N) is 1. The first-order valence-corrected chi connectivity index (χ1v) is 12.5. The number of ether oxygens (including phenoxy) is 2. The van der Waals surface area contributed by atoms with Crippen molar-refractivity contribution < 1.29 is 14.3 Å². The van der Waals surface area contributed by atoms with E-state index in [4.69, 9.17) is 9.47 Å². The topological polar surface area (TPSA) is 71.9 Å². The van der Waals surface area contributed by atoms with E-state index in [0.29, 0.717) is 24.5 Å². The molecular weight excluding hydrogens is 454 g/mol. The van der Waals surface area contributed by atoms with Crippen molar-refractivity contribution in [3.8, 4) is 22.6 Å². The van der Waals surface area contributed by atoms with E-state index in [0.717, 1.165) is 52.2 Å². The maximum absolute atomic E-state index is 13.0. The molecule has 0 saturated carbocycles. The number of benzene rings is 2. The molecule has 8 heteroatoms. The smallest absolute Gasteiger partial charge is 0.331 e. The van der Waals surface area contributed by atoms with Crippen LogP contribution in [0.2, 0.25) is 0 Å². The fourth-order valence-electron chi connectivity index (χ4n) is 5.26. The van der Waals surface area contributed by atoms with Crippen molar-refractivity contribution in [2.45, 2.75) is 39.7 Å². The zero-order chi connectivity index (χ0) is 26.0. The maximum atomic E-state index is 13.0. The van der Waals surface area contributed by atoms with E-state index in [9.17, 15) is 4.79 Å². The fraction of sp³-hybridized carbons (Fsp3) is 0.429. The lowest BCUT2D eigenvalue weighted by molar-refractivity contribution is -0.00662. The Kier molecular flexibility index (Phi) is 7.54. The Labute approximate surface area is 213 Å². The summed E-state index contributed by atoms with van der Waals surface area (Å²) in [6, 6.07) is 12.5. The average molecular weight is 492 g/mol. The van der Waals surface area contributed by atoms with Gasteiger partial charge in [0.1, 0.15) is 0 Å². The Bertz CT molecular complexity index is 1230. The second-order valence-corrected chi connectivity index (χ2v) is 9.19. The van der Waals surface area contributed by atoms with Crippen molar-refractivity contribution in [2.75, 3.05) is 34.4 Å². The molecule has 2 aromatic carbocycles. The lowest BCUT2D eigenvalue weighted by atomic mass is 9.91. The van der Waals surface area contributed by atoms with E-state index in [1.54, 1.807) is 21.3 Å². The van der Waals surface area contributed by atoms with Gasteiger partial charge in [-0.2, -0.15) is 5.10 Å². The molecule has 3 aromatic rings. The number of carbonyl (C=O) groups is 1. The standard InChI is InChI=1S/C28H37N5O3/c1-8-14-32-27(21-11-9-20(10-12-21)26-18(2)30-31(5)19(26)3)23-17-25(36-7)24(35-6)16-22(23)13-15-33(32)28(34)29-4/h9-12,16-17,27H,8,13-15H2,1-7H3,(H,29,34). The number of rotatable bonds is 6. The van der Waals surface area contributed by atoms with E-state index in [-0.39, 0.29) is 12.1 Å². The van der Waals surface area contributed by atoms with Crippen LogP contribution in [-0.2, 0) is 13.5 Å². The minimum atomic E-state index is -0.162. The van der Waals surface area contributed by atoms with Crippen LogP contribution in [0.3, 0.4) is 0 Å². The average Bonchev–Trinajstić information content (AvgIpc) is 3.05. The van der Waals surface area contributed by atoms with Crippen LogP contribution in [-0.4, -0.2) is 60.2 Å². The molecule has 1 aromatic heterocycles. The monoisotopic (exact) mass is 491 g/mol. The van der Waals surface area contributed by atoms with Gasteiger partial charge in [-0.3, -0.25) is 9.69 Å². The molecule has 36 heavy (non-hydrogen) atoms. The van der Waals surface area contributed by atoms with Crippen LogP contribution in [0.5, 0.6) is 11.5 Å². The highest BCUT2D eigenvalue weighted by Gasteiger charge is 2.35. The van der Waals surface area contributed by atoms with Crippen LogP contribution in [0.25, 0.3) is 11.1 Å². The highest BCUT2D eigenvalue weighted by molar-refractivity contribution is 5.74. The van der Waals surface area contributed by atoms with Crippen LogP contribution in [0.4, 0.5) is 4.79 Å². The van der Waals surface area contributed by atoms with E-state index in [1.165, 1.54) is 0 Å². The summed E-state index contributed by atoms with van der Waals surface area (Å²) >= 11 is 0. The Morgan fingerprint density at radius 2 is 1.78 bits per heavy atom. The summed E-state index contributed by atoms with van der Waals surface area (Å²) in [5, 5.41) is 11.4. The third-order valence-electron chi connectivity index (χ3n) is 7.07. The predicted octanol–water partition coefficient (Wildman–Crippen LogP) is 4.64. The van der Waals surface area contributed by atoms with Gasteiger partial charge in [0.15, 0.2) is 11.5 Å². The van der Waals surface area contributed by atoms with Crippen molar-refractivity contribution in [1.82, 2.24) is 25.1 Å². The van der Waals surface area contributed by atoms with Crippen molar-refractivity contribution >= 4 is 6.03 Å². The number of hydrogen-bond donors (Lipinski definition) is 1. The van der Waals surface area contributed by atoms with Gasteiger partial charge in [-0.25, -0.2) is 9.80 Å². The quantitative estimate of drug-likeness (QED) is 0.544. The highest BCUT2D eigenvalue weighted by atomic mass is 16.5. The normalized spacial score (nSPS) is 15.9. The minimum Gasteiger partial charge on any atom is -0.493 e. The number of fused-ring (bicyclic) bond motifs is 1. The first kappa shape index (κ1) is 25.6. The summed E-state index contributed by atoms with van der Waals surface area (Å²) in [7, 11) is 6.96. The number of hydrogen-bond acceptors (Lipinski definition) is 5. The van der Waals surface area contributed by atoms with E-state index in [1.807, 2.05) is 23.7 Å². The number of aryl methyl sites for hydroxylation is 2. The predicted molar refractivity (Wildman–Crippen MR) is 141 cm³/mol. The van der Waals surface area contributed by atoms with E-state index in [2.05, 4.69) is 65.7 Å². The lowest BCUT2D eigenvalue weighted by Gasteiger charge is -2.39. The molecule has 2 amide bonds. The second kappa shape index (κ2) is 10.6. The van der Waals surface area contributed by atoms with Gasteiger partial charge in [0, 0.05) is 38.4 Å². The molecule has 0 saturated heterocycles. The van der Waals surface area contributed by atoms with Gasteiger partial charge in [0.2, 0.25) is 0 Å². The second-order valence-electron chi connectivity index (χ2n) is 9.19. The minimum absolute atomic E-state index is 0.113. The number of urea groups is 1. The van der Waals surface area contributed by atoms with Gasteiger partial charge >= 0.3 is 6.03 Å². The Hall–Kier alpha value is -3.52. The molecule has 2 heterocycles. The number of hydrazine groups is 1. The summed E-state index contributed by atoms with van der Waals surface area (Å²) in [6.45, 7) is 7.58. The Morgan fingerprint density at radius 3 is 2.33 bits per heavy atom. The third kappa shape index (κ3) is 4.53. The fourth-order valence-corrected chi connectivity index (χ4v) is 5.26. The van der Waals surface area contributed by atoms with Crippen molar-refractivity contribution in [3.05, 3.63) is 64.5 Å². The lowest BCUT2D eigenvalue weighted by Crippen LogP contribution is -2.51. The van der Waals surface area contributed by atoms with Crippen molar-refractivity contribution in [1.29, 1.82) is 0 Å². The molecular formula is C28H37N5O3. The summed E-state index contributed by atoms with van der Waals surface area (Å²) in [6.07, 6.45) is 1.62. The Morgan fingerprint density at radius 1 is 1.11 bits per heavy atom. The van der Waals surface area contributed by atoms with E-state index < -0.39 is 0 Å². The molecule has 1 N–H and O–H groups in total.